The molecule has 5 heteroatoms. The monoisotopic (exact) mass is 501 g/mol. The fourth-order valence-electron chi connectivity index (χ4n) is 4.24. The Kier molecular flexibility index (Phi) is 16.3. The summed E-state index contributed by atoms with van der Waals surface area (Å²) >= 11 is 0. The van der Waals surface area contributed by atoms with Crippen molar-refractivity contribution in [1.82, 2.24) is 24.8 Å². The third-order valence-electron chi connectivity index (χ3n) is 6.11. The standard InChI is InChI=1S/C29H43N5.C3H4/c1-7-13-25(9-3)23-34-28(11-5)27(10-4)32-29(34)22-31-21-24(6)33(19-8-2)20-12-14-26-15-17-30-18-16-26;1-3-2/h7,9-11,13,15-18,24,31H,4-5,8,12,14,19-23H2,1-3,6H3;1H,2H3/b13-7-,25-9+;. The van der Waals surface area contributed by atoms with Crippen molar-refractivity contribution < 1.29 is 0 Å². The molecule has 0 spiro atoms. The third kappa shape index (κ3) is 11.2. The zero-order valence-electron chi connectivity index (χ0n) is 23.7. The summed E-state index contributed by atoms with van der Waals surface area (Å²) in [6, 6.07) is 4.68. The summed E-state index contributed by atoms with van der Waals surface area (Å²) in [5.41, 5.74) is 4.52. The van der Waals surface area contributed by atoms with Crippen LogP contribution in [0, 0.1) is 12.3 Å². The van der Waals surface area contributed by atoms with Crippen LogP contribution < -0.4 is 5.32 Å². The van der Waals surface area contributed by atoms with E-state index in [2.05, 4.69) is 96.4 Å². The molecule has 5 nitrogen and oxygen atoms in total. The average Bonchev–Trinajstić information content (AvgIpc) is 3.24. The van der Waals surface area contributed by atoms with Gasteiger partial charge in [-0.3, -0.25) is 9.88 Å². The molecule has 2 rings (SSSR count). The highest BCUT2D eigenvalue weighted by atomic mass is 15.2. The van der Waals surface area contributed by atoms with Crippen LogP contribution in [0.3, 0.4) is 0 Å². The number of hydrogen-bond acceptors (Lipinski definition) is 4. The smallest absolute Gasteiger partial charge is 0.124 e. The van der Waals surface area contributed by atoms with Crippen molar-refractivity contribution in [2.24, 2.45) is 0 Å². The molecule has 0 saturated carbocycles. The molecule has 0 saturated heterocycles. The van der Waals surface area contributed by atoms with Crippen LogP contribution >= 0.6 is 0 Å². The number of nitrogens with one attached hydrogen (secondary N) is 1. The van der Waals surface area contributed by atoms with Gasteiger partial charge in [0.05, 0.1) is 17.9 Å². The lowest BCUT2D eigenvalue weighted by molar-refractivity contribution is 0.201. The Morgan fingerprint density at radius 1 is 1.22 bits per heavy atom. The van der Waals surface area contributed by atoms with Crippen molar-refractivity contribution in [2.75, 3.05) is 19.6 Å². The minimum Gasteiger partial charge on any atom is -0.322 e. The van der Waals surface area contributed by atoms with Gasteiger partial charge < -0.3 is 9.88 Å². The number of pyridine rings is 1. The van der Waals surface area contributed by atoms with Crippen molar-refractivity contribution >= 4 is 12.2 Å². The number of aryl methyl sites for hydroxylation is 1. The number of hydrogen-bond donors (Lipinski definition) is 1. The summed E-state index contributed by atoms with van der Waals surface area (Å²) in [5.74, 6) is 3.26. The summed E-state index contributed by atoms with van der Waals surface area (Å²) in [7, 11) is 0. The molecule has 0 bridgehead atoms. The molecule has 200 valence electrons. The summed E-state index contributed by atoms with van der Waals surface area (Å²) in [5, 5.41) is 3.66. The molecule has 0 amide bonds. The molecule has 2 aromatic heterocycles. The lowest BCUT2D eigenvalue weighted by Crippen LogP contribution is -2.41. The maximum Gasteiger partial charge on any atom is 0.124 e. The molecule has 2 aromatic rings. The second-order valence-corrected chi connectivity index (χ2v) is 8.92. The van der Waals surface area contributed by atoms with Crippen LogP contribution in [0.15, 0.2) is 61.5 Å². The van der Waals surface area contributed by atoms with E-state index in [0.717, 1.165) is 62.7 Å². The van der Waals surface area contributed by atoms with Crippen LogP contribution in [0.25, 0.3) is 12.2 Å². The van der Waals surface area contributed by atoms with Gasteiger partial charge in [0.1, 0.15) is 5.82 Å². The normalized spacial score (nSPS) is 12.2. The predicted octanol–water partition coefficient (Wildman–Crippen LogP) is 6.55. The number of nitrogens with zero attached hydrogens (tertiary/aromatic N) is 4. The topological polar surface area (TPSA) is 46.0 Å². The highest BCUT2D eigenvalue weighted by Crippen LogP contribution is 2.18. The first-order valence-corrected chi connectivity index (χ1v) is 13.3. The van der Waals surface area contributed by atoms with Crippen molar-refractivity contribution in [3.63, 3.8) is 0 Å². The van der Waals surface area contributed by atoms with Gasteiger partial charge in [-0.05, 0) is 95.5 Å². The Balaban J connectivity index is 0.00000217. The molecular formula is C32H47N5. The molecular weight excluding hydrogens is 454 g/mol. The van der Waals surface area contributed by atoms with Crippen LogP contribution in [-0.2, 0) is 19.5 Å². The van der Waals surface area contributed by atoms with Crippen molar-refractivity contribution in [3.8, 4) is 12.3 Å². The largest absolute Gasteiger partial charge is 0.322 e. The summed E-state index contributed by atoms with van der Waals surface area (Å²) in [6.45, 7) is 22.9. The Labute approximate surface area is 226 Å². The van der Waals surface area contributed by atoms with Crippen LogP contribution in [0.1, 0.15) is 70.2 Å². The lowest BCUT2D eigenvalue weighted by Gasteiger charge is -2.29. The van der Waals surface area contributed by atoms with Crippen LogP contribution in [0.5, 0.6) is 0 Å². The van der Waals surface area contributed by atoms with Gasteiger partial charge >= 0.3 is 0 Å². The molecule has 0 aromatic carbocycles. The molecule has 0 aliphatic carbocycles. The quantitative estimate of drug-likeness (QED) is 0.209. The zero-order valence-corrected chi connectivity index (χ0v) is 23.7. The van der Waals surface area contributed by atoms with Gasteiger partial charge in [-0.1, -0.05) is 38.3 Å². The van der Waals surface area contributed by atoms with Crippen LogP contribution in [0.4, 0.5) is 0 Å². The first kappa shape index (κ1) is 31.8. The average molecular weight is 502 g/mol. The van der Waals surface area contributed by atoms with Gasteiger partial charge in [0.15, 0.2) is 0 Å². The second kappa shape index (κ2) is 19.0. The number of rotatable bonds is 16. The predicted molar refractivity (Wildman–Crippen MR) is 161 cm³/mol. The molecule has 1 unspecified atom stereocenters. The SMILES string of the molecule is C#CC.C=Cc1nc(CNCC(C)N(CCC)CCCc2ccncc2)n(CC(/C=C\C)=C/C)c1C=C. The first-order chi connectivity index (χ1) is 18.0. The molecule has 0 aliphatic rings. The van der Waals surface area contributed by atoms with E-state index in [0.29, 0.717) is 12.6 Å². The minimum absolute atomic E-state index is 0.452. The van der Waals surface area contributed by atoms with Gasteiger partial charge in [0.2, 0.25) is 0 Å². The van der Waals surface area contributed by atoms with Gasteiger partial charge in [-0.15, -0.1) is 12.3 Å². The van der Waals surface area contributed by atoms with E-state index in [9.17, 15) is 0 Å². The Hall–Kier alpha value is -3.20. The highest BCUT2D eigenvalue weighted by Gasteiger charge is 2.16. The van der Waals surface area contributed by atoms with Crippen molar-refractivity contribution in [3.05, 3.63) is 84.3 Å². The zero-order chi connectivity index (χ0) is 27.5. The molecule has 2 heterocycles. The molecule has 1 atom stereocenters. The van der Waals surface area contributed by atoms with Crippen molar-refractivity contribution in [2.45, 2.75) is 73.0 Å². The van der Waals surface area contributed by atoms with E-state index in [4.69, 9.17) is 4.98 Å². The van der Waals surface area contributed by atoms with E-state index < -0.39 is 0 Å². The molecule has 1 N–H and O–H groups in total. The lowest BCUT2D eigenvalue weighted by atomic mass is 10.1. The van der Waals surface area contributed by atoms with Crippen LogP contribution in [-0.4, -0.2) is 45.1 Å². The maximum atomic E-state index is 4.85. The third-order valence-corrected chi connectivity index (χ3v) is 6.11. The summed E-state index contributed by atoms with van der Waals surface area (Å²) < 4.78 is 2.25. The summed E-state index contributed by atoms with van der Waals surface area (Å²) in [4.78, 5) is 11.6. The molecule has 0 fully saturated rings. The minimum atomic E-state index is 0.452. The molecule has 0 radical (unpaired) electrons. The fraction of sp³-hybridized carbons (Fsp3) is 0.438. The van der Waals surface area contributed by atoms with Gasteiger partial charge in [0.25, 0.3) is 0 Å². The molecule has 0 aliphatic heterocycles. The Morgan fingerprint density at radius 2 is 1.92 bits per heavy atom. The van der Waals surface area contributed by atoms with E-state index in [1.54, 1.807) is 6.92 Å². The van der Waals surface area contributed by atoms with E-state index >= 15 is 0 Å². The van der Waals surface area contributed by atoms with E-state index in [-0.39, 0.29) is 0 Å². The fourth-order valence-corrected chi connectivity index (χ4v) is 4.24. The van der Waals surface area contributed by atoms with Gasteiger partial charge in [0, 0.05) is 31.5 Å². The first-order valence-electron chi connectivity index (χ1n) is 13.3. The maximum absolute atomic E-state index is 4.85. The van der Waals surface area contributed by atoms with E-state index in [1.807, 2.05) is 31.5 Å². The highest BCUT2D eigenvalue weighted by molar-refractivity contribution is 5.58. The van der Waals surface area contributed by atoms with Gasteiger partial charge in [-0.2, -0.15) is 0 Å². The molecule has 37 heavy (non-hydrogen) atoms. The second-order valence-electron chi connectivity index (χ2n) is 8.92. The summed E-state index contributed by atoms with van der Waals surface area (Å²) in [6.07, 6.45) is 21.8. The number of aromatic nitrogens is 3. The van der Waals surface area contributed by atoms with Crippen molar-refractivity contribution in [1.29, 1.82) is 0 Å². The number of allylic oxidation sites excluding steroid dienone is 4. The Morgan fingerprint density at radius 3 is 2.49 bits per heavy atom. The number of terminal acetylenes is 1. The van der Waals surface area contributed by atoms with Gasteiger partial charge in [-0.25, -0.2) is 4.98 Å². The Bertz CT molecular complexity index is 1020. The van der Waals surface area contributed by atoms with E-state index in [1.165, 1.54) is 11.1 Å². The van der Waals surface area contributed by atoms with Crippen LogP contribution in [0.2, 0.25) is 0 Å². The number of imidazole rings is 1.